The highest BCUT2D eigenvalue weighted by molar-refractivity contribution is 7.46. The molecule has 0 atom stereocenters. The first-order valence-corrected chi connectivity index (χ1v) is 11.6. The van der Waals surface area contributed by atoms with E-state index in [9.17, 15) is 22.5 Å². The molecule has 0 aliphatic rings. The van der Waals surface area contributed by atoms with E-state index >= 15 is 0 Å². The molecule has 4 rings (SSSR count). The zero-order valence-electron chi connectivity index (χ0n) is 17.9. The van der Waals surface area contributed by atoms with Crippen LogP contribution in [0.5, 0.6) is 0 Å². The Morgan fingerprint density at radius 3 is 2.56 bits per heavy atom. The predicted molar refractivity (Wildman–Crippen MR) is 118 cm³/mol. The van der Waals surface area contributed by atoms with Gasteiger partial charge in [-0.2, -0.15) is 0 Å². The first kappa shape index (κ1) is 23.9. The van der Waals surface area contributed by atoms with Crippen molar-refractivity contribution in [3.8, 4) is 11.3 Å². The van der Waals surface area contributed by atoms with Crippen molar-refractivity contribution < 1.29 is 36.8 Å². The van der Waals surface area contributed by atoms with Crippen molar-refractivity contribution >= 4 is 35.5 Å². The lowest BCUT2D eigenvalue weighted by Crippen LogP contribution is -2.30. The molecule has 0 bridgehead atoms. The monoisotopic (exact) mass is 493 g/mol. The molecule has 12 heteroatoms. The van der Waals surface area contributed by atoms with Crippen LogP contribution in [-0.4, -0.2) is 31.3 Å². The SMILES string of the molecule is CC(C)NC(=O)c1cccc2nc(-c3cn(COP(=O)(O)O)c4c(F)c(F)c(F)cc34)ccc12. The summed E-state index contributed by atoms with van der Waals surface area (Å²) in [5, 5.41) is 3.27. The van der Waals surface area contributed by atoms with Gasteiger partial charge in [0.15, 0.2) is 17.5 Å². The van der Waals surface area contributed by atoms with Gasteiger partial charge in [0.25, 0.3) is 5.91 Å². The molecule has 0 aliphatic carbocycles. The van der Waals surface area contributed by atoms with Crippen LogP contribution < -0.4 is 5.32 Å². The van der Waals surface area contributed by atoms with Gasteiger partial charge in [-0.15, -0.1) is 0 Å². The molecule has 3 N–H and O–H groups in total. The van der Waals surface area contributed by atoms with Gasteiger partial charge in [-0.1, -0.05) is 6.07 Å². The Balaban J connectivity index is 1.88. The number of carbonyl (C=O) groups excluding carboxylic acids is 1. The lowest BCUT2D eigenvalue weighted by atomic mass is 10.0. The summed E-state index contributed by atoms with van der Waals surface area (Å²) < 4.78 is 59.0. The summed E-state index contributed by atoms with van der Waals surface area (Å²) in [7, 11) is -4.93. The Hall–Kier alpha value is -3.24. The zero-order chi connectivity index (χ0) is 24.8. The predicted octanol–water partition coefficient (Wildman–Crippen LogP) is 4.48. The number of pyridine rings is 1. The molecule has 0 saturated heterocycles. The van der Waals surface area contributed by atoms with E-state index in [2.05, 4.69) is 14.8 Å². The van der Waals surface area contributed by atoms with E-state index in [1.54, 1.807) is 24.3 Å². The van der Waals surface area contributed by atoms with Crippen LogP contribution in [0.3, 0.4) is 0 Å². The maximum absolute atomic E-state index is 14.6. The smallest absolute Gasteiger partial charge is 0.350 e. The highest BCUT2D eigenvalue weighted by Gasteiger charge is 2.23. The van der Waals surface area contributed by atoms with Crippen LogP contribution in [0.4, 0.5) is 13.2 Å². The number of rotatable bonds is 6. The van der Waals surface area contributed by atoms with Gasteiger partial charge in [0.2, 0.25) is 0 Å². The molecular weight excluding hydrogens is 474 g/mol. The third kappa shape index (κ3) is 4.55. The van der Waals surface area contributed by atoms with Gasteiger partial charge in [0.05, 0.1) is 16.7 Å². The van der Waals surface area contributed by atoms with E-state index in [0.29, 0.717) is 16.5 Å². The fourth-order valence-electron chi connectivity index (χ4n) is 3.65. The van der Waals surface area contributed by atoms with Crippen LogP contribution in [0.25, 0.3) is 33.1 Å². The quantitative estimate of drug-likeness (QED) is 0.270. The van der Waals surface area contributed by atoms with Crippen molar-refractivity contribution in [2.75, 3.05) is 0 Å². The van der Waals surface area contributed by atoms with Gasteiger partial charge in [-0.05, 0) is 44.2 Å². The van der Waals surface area contributed by atoms with Crippen LogP contribution in [0, 0.1) is 17.5 Å². The molecule has 0 radical (unpaired) electrons. The third-order valence-corrected chi connectivity index (χ3v) is 5.49. The fraction of sp³-hybridized carbons (Fsp3) is 0.182. The van der Waals surface area contributed by atoms with Crippen LogP contribution in [0.1, 0.15) is 24.2 Å². The van der Waals surface area contributed by atoms with E-state index in [1.165, 1.54) is 12.3 Å². The van der Waals surface area contributed by atoms with Gasteiger partial charge in [0, 0.05) is 34.1 Å². The van der Waals surface area contributed by atoms with Crippen LogP contribution in [-0.2, 0) is 15.8 Å². The Morgan fingerprint density at radius 1 is 1.15 bits per heavy atom. The molecule has 4 aromatic rings. The number of phosphoric acid groups is 1. The minimum Gasteiger partial charge on any atom is -0.350 e. The van der Waals surface area contributed by atoms with Crippen molar-refractivity contribution in [2.24, 2.45) is 0 Å². The Labute approximate surface area is 191 Å². The molecule has 0 saturated carbocycles. The summed E-state index contributed by atoms with van der Waals surface area (Å²) in [6.07, 6.45) is 1.23. The van der Waals surface area contributed by atoms with Gasteiger partial charge in [0.1, 0.15) is 6.73 Å². The van der Waals surface area contributed by atoms with Crippen LogP contribution in [0.2, 0.25) is 0 Å². The topological polar surface area (TPSA) is 114 Å². The Morgan fingerprint density at radius 2 is 1.88 bits per heavy atom. The molecule has 34 heavy (non-hydrogen) atoms. The van der Waals surface area contributed by atoms with E-state index in [-0.39, 0.29) is 28.6 Å². The molecule has 2 heterocycles. The number of phosphoric ester groups is 1. The van der Waals surface area contributed by atoms with E-state index < -0.39 is 37.5 Å². The van der Waals surface area contributed by atoms with Crippen molar-refractivity contribution in [3.05, 3.63) is 65.6 Å². The molecule has 2 aromatic carbocycles. The second-order valence-corrected chi connectivity index (χ2v) is 9.08. The molecular formula is C22H19F3N3O5P. The summed E-state index contributed by atoms with van der Waals surface area (Å²) in [5.41, 5.74) is 0.765. The molecule has 0 fully saturated rings. The number of hydrogen-bond acceptors (Lipinski definition) is 4. The number of hydrogen-bond donors (Lipinski definition) is 3. The van der Waals surface area contributed by atoms with Crippen molar-refractivity contribution in [2.45, 2.75) is 26.6 Å². The number of nitrogens with one attached hydrogen (secondary N) is 1. The number of carbonyl (C=O) groups is 1. The summed E-state index contributed by atoms with van der Waals surface area (Å²) >= 11 is 0. The van der Waals surface area contributed by atoms with Gasteiger partial charge >= 0.3 is 7.82 Å². The van der Waals surface area contributed by atoms with Crippen molar-refractivity contribution in [1.82, 2.24) is 14.9 Å². The highest BCUT2D eigenvalue weighted by atomic mass is 31.2. The Bertz CT molecular complexity index is 1480. The maximum atomic E-state index is 14.6. The molecule has 178 valence electrons. The van der Waals surface area contributed by atoms with Crippen LogP contribution in [0.15, 0.2) is 42.6 Å². The minimum atomic E-state index is -4.93. The summed E-state index contributed by atoms with van der Waals surface area (Å²) in [4.78, 5) is 35.0. The van der Waals surface area contributed by atoms with E-state index in [0.717, 1.165) is 10.6 Å². The molecule has 0 spiro atoms. The summed E-state index contributed by atoms with van der Waals surface area (Å²) in [5.74, 6) is -5.00. The minimum absolute atomic E-state index is 0.0775. The molecule has 2 aromatic heterocycles. The standard InChI is InChI=1S/C22H19F3N3O5P/c1-11(2)26-22(29)13-4-3-5-17-12(13)6-7-18(27-17)15-9-28(10-33-34(30,31)32)21-14(15)8-16(23)19(24)20(21)25/h3-9,11H,10H2,1-2H3,(H,26,29)(H2,30,31,32). The number of halogens is 3. The lowest BCUT2D eigenvalue weighted by molar-refractivity contribution is 0.0944. The lowest BCUT2D eigenvalue weighted by Gasteiger charge is -2.11. The first-order chi connectivity index (χ1) is 16.0. The number of benzene rings is 2. The maximum Gasteiger partial charge on any atom is 0.471 e. The van der Waals surface area contributed by atoms with Crippen LogP contribution >= 0.6 is 7.82 Å². The molecule has 0 aliphatic heterocycles. The normalized spacial score (nSPS) is 12.1. The summed E-state index contributed by atoms with van der Waals surface area (Å²) in [6.45, 7) is 2.83. The van der Waals surface area contributed by atoms with Gasteiger partial charge in [-0.3, -0.25) is 9.32 Å². The fourth-order valence-corrected chi connectivity index (χ4v) is 3.92. The second-order valence-electron chi connectivity index (χ2n) is 7.84. The van der Waals surface area contributed by atoms with E-state index in [4.69, 9.17) is 9.79 Å². The molecule has 0 unspecified atom stereocenters. The molecule has 1 amide bonds. The number of amides is 1. The number of nitrogens with zero attached hydrogens (tertiary/aromatic N) is 2. The van der Waals surface area contributed by atoms with Crippen molar-refractivity contribution in [1.29, 1.82) is 0 Å². The van der Waals surface area contributed by atoms with E-state index in [1.807, 2.05) is 13.8 Å². The number of aromatic nitrogens is 2. The largest absolute Gasteiger partial charge is 0.471 e. The summed E-state index contributed by atoms with van der Waals surface area (Å²) in [6, 6.07) is 8.77. The van der Waals surface area contributed by atoms with Gasteiger partial charge in [-0.25, -0.2) is 22.7 Å². The van der Waals surface area contributed by atoms with Crippen molar-refractivity contribution in [3.63, 3.8) is 0 Å². The average Bonchev–Trinajstić information content (AvgIpc) is 3.12. The van der Waals surface area contributed by atoms with Gasteiger partial charge < -0.3 is 19.7 Å². The second kappa shape index (κ2) is 8.84. The third-order valence-electron chi connectivity index (χ3n) is 5.04. The molecule has 8 nitrogen and oxygen atoms in total. The average molecular weight is 493 g/mol. The number of fused-ring (bicyclic) bond motifs is 2. The first-order valence-electron chi connectivity index (χ1n) is 10.0. The Kier molecular flexibility index (Phi) is 6.22. The zero-order valence-corrected chi connectivity index (χ0v) is 18.8. The highest BCUT2D eigenvalue weighted by Crippen LogP contribution is 2.39.